The Labute approximate surface area is 197 Å². The Balaban J connectivity index is 1.40. The maximum Gasteiger partial charge on any atom is 0.255 e. The molecule has 0 unspecified atom stereocenters. The van der Waals surface area contributed by atoms with Crippen molar-refractivity contribution in [3.05, 3.63) is 83.4 Å². The van der Waals surface area contributed by atoms with Crippen molar-refractivity contribution >= 4 is 46.6 Å². The Kier molecular flexibility index (Phi) is 7.35. The number of carbonyl (C=O) groups is 2. The van der Waals surface area contributed by atoms with E-state index in [0.717, 1.165) is 41.4 Å². The Morgan fingerprint density at radius 1 is 0.875 bits per heavy atom. The third kappa shape index (κ3) is 5.64. The van der Waals surface area contributed by atoms with E-state index in [2.05, 4.69) is 10.6 Å². The minimum atomic E-state index is -0.183. The molecule has 0 spiro atoms. The van der Waals surface area contributed by atoms with E-state index in [1.807, 2.05) is 71.6 Å². The minimum absolute atomic E-state index is 0.00992. The van der Waals surface area contributed by atoms with Gasteiger partial charge in [0.1, 0.15) is 0 Å². The van der Waals surface area contributed by atoms with Crippen LogP contribution in [0.1, 0.15) is 23.2 Å². The molecule has 3 aromatic carbocycles. The molecule has 32 heavy (non-hydrogen) atoms. The van der Waals surface area contributed by atoms with E-state index >= 15 is 0 Å². The van der Waals surface area contributed by atoms with Crippen molar-refractivity contribution in [3.8, 4) is 0 Å². The molecule has 0 radical (unpaired) electrons. The number of nitrogens with one attached hydrogen (secondary N) is 2. The zero-order chi connectivity index (χ0) is 22.3. The van der Waals surface area contributed by atoms with E-state index in [0.29, 0.717) is 16.3 Å². The molecule has 5 nitrogen and oxygen atoms in total. The van der Waals surface area contributed by atoms with Crippen molar-refractivity contribution in [2.45, 2.75) is 22.6 Å². The monoisotopic (exact) mass is 465 g/mol. The van der Waals surface area contributed by atoms with Gasteiger partial charge in [-0.2, -0.15) is 0 Å². The maximum atomic E-state index is 12.8. The van der Waals surface area contributed by atoms with Crippen LogP contribution >= 0.6 is 23.4 Å². The number of carbonyl (C=O) groups excluding carboxylic acids is 2. The van der Waals surface area contributed by atoms with Crippen LogP contribution in [-0.2, 0) is 4.79 Å². The van der Waals surface area contributed by atoms with Gasteiger partial charge < -0.3 is 15.5 Å². The van der Waals surface area contributed by atoms with E-state index < -0.39 is 0 Å². The highest BCUT2D eigenvalue weighted by Crippen LogP contribution is 2.33. The molecular formula is C25H24ClN3O2S. The lowest BCUT2D eigenvalue weighted by Gasteiger charge is -2.18. The van der Waals surface area contributed by atoms with Crippen molar-refractivity contribution in [1.29, 1.82) is 0 Å². The highest BCUT2D eigenvalue weighted by Gasteiger charge is 2.21. The second-order valence-corrected chi connectivity index (χ2v) is 9.05. The highest BCUT2D eigenvalue weighted by atomic mass is 35.5. The van der Waals surface area contributed by atoms with Crippen LogP contribution in [0.15, 0.2) is 82.6 Å². The molecule has 1 heterocycles. The average molecular weight is 466 g/mol. The van der Waals surface area contributed by atoms with Crippen LogP contribution in [0.3, 0.4) is 0 Å². The second-order valence-electron chi connectivity index (χ2n) is 7.50. The summed E-state index contributed by atoms with van der Waals surface area (Å²) in [7, 11) is 0. The standard InChI is InChI=1S/C25H24ClN3O2S/c26-18-11-13-19(14-12-18)32-23-10-4-3-9-22(23)28-24(30)17-27-21-8-2-1-7-20(21)25(31)29-15-5-6-16-29/h1-4,7-14,27H,5-6,15-17H2,(H,28,30). The largest absolute Gasteiger partial charge is 0.376 e. The lowest BCUT2D eigenvalue weighted by atomic mass is 10.1. The van der Waals surface area contributed by atoms with Gasteiger partial charge in [0.15, 0.2) is 0 Å². The molecular weight excluding hydrogens is 442 g/mol. The number of hydrogen-bond acceptors (Lipinski definition) is 4. The van der Waals surface area contributed by atoms with Crippen LogP contribution in [0, 0.1) is 0 Å². The fourth-order valence-corrected chi connectivity index (χ4v) is 4.60. The van der Waals surface area contributed by atoms with Crippen molar-refractivity contribution < 1.29 is 9.59 Å². The van der Waals surface area contributed by atoms with Gasteiger partial charge in [0.05, 0.1) is 17.8 Å². The van der Waals surface area contributed by atoms with Gasteiger partial charge in [-0.25, -0.2) is 0 Å². The smallest absolute Gasteiger partial charge is 0.255 e. The minimum Gasteiger partial charge on any atom is -0.376 e. The fourth-order valence-electron chi connectivity index (χ4n) is 3.57. The van der Waals surface area contributed by atoms with Gasteiger partial charge in [-0.05, 0) is 61.4 Å². The molecule has 1 saturated heterocycles. The summed E-state index contributed by atoms with van der Waals surface area (Å²) in [4.78, 5) is 29.3. The van der Waals surface area contributed by atoms with Gasteiger partial charge in [-0.3, -0.25) is 9.59 Å². The molecule has 0 atom stereocenters. The first-order valence-electron chi connectivity index (χ1n) is 10.5. The Bertz CT molecular complexity index is 1100. The molecule has 0 bridgehead atoms. The number of hydrogen-bond donors (Lipinski definition) is 2. The fraction of sp³-hybridized carbons (Fsp3) is 0.200. The van der Waals surface area contributed by atoms with Gasteiger partial charge in [-0.1, -0.05) is 47.6 Å². The SMILES string of the molecule is O=C(CNc1ccccc1C(=O)N1CCCC1)Nc1ccccc1Sc1ccc(Cl)cc1. The van der Waals surface area contributed by atoms with E-state index in [1.165, 1.54) is 0 Å². The Morgan fingerprint density at radius 2 is 1.53 bits per heavy atom. The highest BCUT2D eigenvalue weighted by molar-refractivity contribution is 7.99. The number of para-hydroxylation sites is 2. The zero-order valence-electron chi connectivity index (χ0n) is 17.5. The van der Waals surface area contributed by atoms with Crippen LogP contribution < -0.4 is 10.6 Å². The van der Waals surface area contributed by atoms with Crippen LogP contribution in [0.4, 0.5) is 11.4 Å². The topological polar surface area (TPSA) is 61.4 Å². The van der Waals surface area contributed by atoms with Gasteiger partial charge in [-0.15, -0.1) is 0 Å². The van der Waals surface area contributed by atoms with Crippen molar-refractivity contribution in [1.82, 2.24) is 4.90 Å². The number of halogens is 1. The van der Waals surface area contributed by atoms with E-state index in [4.69, 9.17) is 11.6 Å². The third-order valence-electron chi connectivity index (χ3n) is 5.19. The van der Waals surface area contributed by atoms with Crippen LogP contribution in [0.5, 0.6) is 0 Å². The van der Waals surface area contributed by atoms with Gasteiger partial charge in [0, 0.05) is 33.6 Å². The molecule has 1 fully saturated rings. The summed E-state index contributed by atoms with van der Waals surface area (Å²) in [5.41, 5.74) is 2.00. The van der Waals surface area contributed by atoms with Crippen molar-refractivity contribution in [2.75, 3.05) is 30.3 Å². The maximum absolute atomic E-state index is 12.8. The predicted molar refractivity (Wildman–Crippen MR) is 131 cm³/mol. The molecule has 1 aliphatic heterocycles. The molecule has 164 valence electrons. The summed E-state index contributed by atoms with van der Waals surface area (Å²) in [5.74, 6) is -0.173. The summed E-state index contributed by atoms with van der Waals surface area (Å²) < 4.78 is 0. The number of benzene rings is 3. The van der Waals surface area contributed by atoms with Gasteiger partial charge >= 0.3 is 0 Å². The van der Waals surface area contributed by atoms with E-state index in [9.17, 15) is 9.59 Å². The Morgan fingerprint density at radius 3 is 2.28 bits per heavy atom. The number of nitrogens with zero attached hydrogens (tertiary/aromatic N) is 1. The lowest BCUT2D eigenvalue weighted by molar-refractivity contribution is -0.114. The number of likely N-dealkylation sites (tertiary alicyclic amines) is 1. The first-order chi connectivity index (χ1) is 15.6. The molecule has 1 aliphatic rings. The summed E-state index contributed by atoms with van der Waals surface area (Å²) in [6.45, 7) is 1.63. The molecule has 2 amide bonds. The molecule has 2 N–H and O–H groups in total. The first-order valence-corrected chi connectivity index (χ1v) is 11.7. The summed E-state index contributed by atoms with van der Waals surface area (Å²) in [5, 5.41) is 6.79. The third-order valence-corrected chi connectivity index (χ3v) is 6.53. The van der Waals surface area contributed by atoms with E-state index in [1.54, 1.807) is 17.8 Å². The molecule has 0 saturated carbocycles. The average Bonchev–Trinajstić information content (AvgIpc) is 3.35. The van der Waals surface area contributed by atoms with Crippen molar-refractivity contribution in [3.63, 3.8) is 0 Å². The normalized spacial score (nSPS) is 13.1. The van der Waals surface area contributed by atoms with Gasteiger partial charge in [0.25, 0.3) is 5.91 Å². The molecule has 0 aromatic heterocycles. The first kappa shape index (κ1) is 22.2. The molecule has 7 heteroatoms. The Hall–Kier alpha value is -2.96. The zero-order valence-corrected chi connectivity index (χ0v) is 19.1. The van der Waals surface area contributed by atoms with Crippen LogP contribution in [0.25, 0.3) is 0 Å². The molecule has 3 aromatic rings. The number of rotatable bonds is 7. The molecule has 0 aliphatic carbocycles. The van der Waals surface area contributed by atoms with Crippen LogP contribution in [0.2, 0.25) is 5.02 Å². The van der Waals surface area contributed by atoms with Crippen LogP contribution in [-0.4, -0.2) is 36.3 Å². The lowest BCUT2D eigenvalue weighted by Crippen LogP contribution is -2.29. The van der Waals surface area contributed by atoms with Crippen molar-refractivity contribution in [2.24, 2.45) is 0 Å². The quantitative estimate of drug-likeness (QED) is 0.464. The molecule has 4 rings (SSSR count). The second kappa shape index (κ2) is 10.6. The summed E-state index contributed by atoms with van der Waals surface area (Å²) in [6, 6.07) is 22.6. The van der Waals surface area contributed by atoms with E-state index in [-0.39, 0.29) is 18.4 Å². The number of amides is 2. The van der Waals surface area contributed by atoms with Gasteiger partial charge in [0.2, 0.25) is 5.91 Å². The predicted octanol–water partition coefficient (Wildman–Crippen LogP) is 5.78. The summed E-state index contributed by atoms with van der Waals surface area (Å²) in [6.07, 6.45) is 2.08. The summed E-state index contributed by atoms with van der Waals surface area (Å²) >= 11 is 7.53. The number of anilines is 2.